The van der Waals surface area contributed by atoms with Gasteiger partial charge in [-0.05, 0) is 33.1 Å². The van der Waals surface area contributed by atoms with Crippen LogP contribution in [0.15, 0.2) is 0 Å². The maximum atomic E-state index is 11.1. The second-order valence-electron chi connectivity index (χ2n) is 4.12. The monoisotopic (exact) mass is 248 g/mol. The van der Waals surface area contributed by atoms with E-state index in [0.29, 0.717) is 17.8 Å². The van der Waals surface area contributed by atoms with Crippen LogP contribution in [0.25, 0.3) is 0 Å². The van der Waals surface area contributed by atoms with Crippen molar-refractivity contribution in [2.75, 3.05) is 12.4 Å². The van der Waals surface area contributed by atoms with Crippen molar-refractivity contribution in [3.8, 4) is 0 Å². The van der Waals surface area contributed by atoms with Crippen molar-refractivity contribution < 1.29 is 9.53 Å². The highest BCUT2D eigenvalue weighted by Gasteiger charge is 2.29. The lowest BCUT2D eigenvalue weighted by Crippen LogP contribution is -2.15. The van der Waals surface area contributed by atoms with E-state index in [-0.39, 0.29) is 5.97 Å². The summed E-state index contributed by atoms with van der Waals surface area (Å²) in [5.41, 5.74) is 0. The molecule has 1 fully saturated rings. The summed E-state index contributed by atoms with van der Waals surface area (Å²) in [5.74, 6) is 1.23. The molecule has 0 aromatic rings. The molecule has 0 bridgehead atoms. The number of esters is 1. The Morgan fingerprint density at radius 3 is 2.87 bits per heavy atom. The lowest BCUT2D eigenvalue weighted by Gasteiger charge is -2.20. The maximum Gasteiger partial charge on any atom is 0.305 e. The van der Waals surface area contributed by atoms with E-state index in [1.165, 1.54) is 18.6 Å². The molecular weight excluding hydrogens is 228 g/mol. The molecule has 1 heterocycles. The first kappa shape index (κ1) is 13.2. The summed E-state index contributed by atoms with van der Waals surface area (Å²) in [7, 11) is 3.99. The Hall–Kier alpha value is 0.170. The Bertz CT molecular complexity index is 201. The summed E-state index contributed by atoms with van der Waals surface area (Å²) in [6.07, 6.45) is 5.23. The number of carbonyl (C=O) groups excluding carboxylic acids is 1. The minimum absolute atomic E-state index is 0.0453. The van der Waals surface area contributed by atoms with Crippen LogP contribution >= 0.6 is 21.6 Å². The summed E-state index contributed by atoms with van der Waals surface area (Å²) in [6, 6.07) is 0. The molecule has 0 aromatic carbocycles. The van der Waals surface area contributed by atoms with Crippen LogP contribution in [0, 0.1) is 0 Å². The molecule has 1 aliphatic heterocycles. The van der Waals surface area contributed by atoms with Gasteiger partial charge in [0.05, 0.1) is 6.61 Å². The second kappa shape index (κ2) is 6.69. The molecule has 1 rings (SSSR count). The van der Waals surface area contributed by atoms with E-state index in [2.05, 4.69) is 6.92 Å². The van der Waals surface area contributed by atoms with Gasteiger partial charge in [-0.15, -0.1) is 0 Å². The molecule has 2 nitrogen and oxygen atoms in total. The van der Waals surface area contributed by atoms with Crippen molar-refractivity contribution in [2.24, 2.45) is 0 Å². The predicted octanol–water partition coefficient (Wildman–Crippen LogP) is 3.65. The lowest BCUT2D eigenvalue weighted by molar-refractivity contribution is -0.143. The predicted molar refractivity (Wildman–Crippen MR) is 68.2 cm³/mol. The molecule has 0 saturated carbocycles. The number of rotatable bonds is 6. The number of ether oxygens (including phenoxy) is 1. The van der Waals surface area contributed by atoms with E-state index in [1.807, 2.05) is 28.5 Å². The third-order valence-electron chi connectivity index (χ3n) is 2.62. The molecule has 1 saturated heterocycles. The van der Waals surface area contributed by atoms with Crippen molar-refractivity contribution >= 4 is 27.6 Å². The standard InChI is InChI=1S/C11H20O2S2/c1-3-13-10(12)6-4-5-7-11(2)8-9-14-15-11/h3-9H2,1-2H3. The SMILES string of the molecule is CCOC(=O)CCCCC1(C)CCSS1. The van der Waals surface area contributed by atoms with Gasteiger partial charge in [-0.25, -0.2) is 0 Å². The highest BCUT2D eigenvalue weighted by molar-refractivity contribution is 8.77. The molecule has 0 aromatic heterocycles. The van der Waals surface area contributed by atoms with E-state index < -0.39 is 0 Å². The second-order valence-corrected chi connectivity index (χ2v) is 7.12. The van der Waals surface area contributed by atoms with Gasteiger partial charge in [0.15, 0.2) is 0 Å². The van der Waals surface area contributed by atoms with E-state index >= 15 is 0 Å². The molecule has 0 N–H and O–H groups in total. The average molecular weight is 248 g/mol. The van der Waals surface area contributed by atoms with E-state index in [4.69, 9.17) is 4.74 Å². The summed E-state index contributed by atoms with van der Waals surface area (Å²) in [5, 5.41) is 0. The molecular formula is C11H20O2S2. The van der Waals surface area contributed by atoms with Crippen molar-refractivity contribution in [3.05, 3.63) is 0 Å². The van der Waals surface area contributed by atoms with Gasteiger partial charge in [0.2, 0.25) is 0 Å². The molecule has 15 heavy (non-hydrogen) atoms. The lowest BCUT2D eigenvalue weighted by atomic mass is 9.99. The fraction of sp³-hybridized carbons (Fsp3) is 0.909. The summed E-state index contributed by atoms with van der Waals surface area (Å²) < 4.78 is 5.35. The number of hydrogen-bond acceptors (Lipinski definition) is 4. The van der Waals surface area contributed by atoms with E-state index in [1.54, 1.807) is 0 Å². The van der Waals surface area contributed by atoms with Crippen molar-refractivity contribution in [2.45, 2.75) is 50.7 Å². The zero-order valence-corrected chi connectivity index (χ0v) is 11.2. The molecule has 0 amide bonds. The van der Waals surface area contributed by atoms with E-state index in [0.717, 1.165) is 12.8 Å². The topological polar surface area (TPSA) is 26.3 Å². The average Bonchev–Trinajstić information content (AvgIpc) is 2.61. The Morgan fingerprint density at radius 2 is 2.27 bits per heavy atom. The maximum absolute atomic E-state index is 11.1. The fourth-order valence-electron chi connectivity index (χ4n) is 1.65. The van der Waals surface area contributed by atoms with Crippen LogP contribution in [-0.4, -0.2) is 23.1 Å². The highest BCUT2D eigenvalue weighted by atomic mass is 33.1. The smallest absolute Gasteiger partial charge is 0.305 e. The van der Waals surface area contributed by atoms with Gasteiger partial charge in [-0.1, -0.05) is 28.0 Å². The van der Waals surface area contributed by atoms with Crippen LogP contribution < -0.4 is 0 Å². The fourth-order valence-corrected chi connectivity index (χ4v) is 4.95. The molecule has 0 aliphatic carbocycles. The van der Waals surface area contributed by atoms with Gasteiger partial charge < -0.3 is 4.74 Å². The number of unbranched alkanes of at least 4 members (excludes halogenated alkanes) is 1. The summed E-state index contributed by atoms with van der Waals surface area (Å²) >= 11 is 0. The first-order valence-corrected chi connectivity index (χ1v) is 7.94. The van der Waals surface area contributed by atoms with Gasteiger partial charge in [-0.2, -0.15) is 0 Å². The van der Waals surface area contributed by atoms with Crippen molar-refractivity contribution in [3.63, 3.8) is 0 Å². The molecule has 0 spiro atoms. The molecule has 1 aliphatic rings. The zero-order chi connectivity index (χ0) is 11.1. The summed E-state index contributed by atoms with van der Waals surface area (Å²) in [6.45, 7) is 4.69. The first-order valence-electron chi connectivity index (χ1n) is 5.62. The largest absolute Gasteiger partial charge is 0.466 e. The quantitative estimate of drug-likeness (QED) is 0.407. The van der Waals surface area contributed by atoms with Crippen LogP contribution in [0.2, 0.25) is 0 Å². The molecule has 4 heteroatoms. The van der Waals surface area contributed by atoms with Crippen molar-refractivity contribution in [1.29, 1.82) is 0 Å². The van der Waals surface area contributed by atoms with Gasteiger partial charge in [0, 0.05) is 16.9 Å². The highest BCUT2D eigenvalue weighted by Crippen LogP contribution is 2.49. The zero-order valence-electron chi connectivity index (χ0n) is 9.58. The third-order valence-corrected chi connectivity index (χ3v) is 5.98. The Morgan fingerprint density at radius 1 is 1.47 bits per heavy atom. The van der Waals surface area contributed by atoms with Gasteiger partial charge in [0.25, 0.3) is 0 Å². The minimum Gasteiger partial charge on any atom is -0.466 e. The molecule has 1 atom stereocenters. The third kappa shape index (κ3) is 5.16. The number of hydrogen-bond donors (Lipinski definition) is 0. The first-order chi connectivity index (χ1) is 7.16. The summed E-state index contributed by atoms with van der Waals surface area (Å²) in [4.78, 5) is 11.1. The number of carbonyl (C=O) groups is 1. The minimum atomic E-state index is -0.0453. The van der Waals surface area contributed by atoms with Gasteiger partial charge >= 0.3 is 5.97 Å². The van der Waals surface area contributed by atoms with Crippen LogP contribution in [0.4, 0.5) is 0 Å². The van der Waals surface area contributed by atoms with Crippen LogP contribution in [0.3, 0.4) is 0 Å². The van der Waals surface area contributed by atoms with Gasteiger partial charge in [-0.3, -0.25) is 4.79 Å². The van der Waals surface area contributed by atoms with Crippen LogP contribution in [0.5, 0.6) is 0 Å². The van der Waals surface area contributed by atoms with Crippen LogP contribution in [-0.2, 0) is 9.53 Å². The Kier molecular flexibility index (Phi) is 5.90. The normalized spacial score (nSPS) is 25.5. The van der Waals surface area contributed by atoms with Crippen molar-refractivity contribution in [1.82, 2.24) is 0 Å². The van der Waals surface area contributed by atoms with Gasteiger partial charge in [0.1, 0.15) is 0 Å². The molecule has 88 valence electrons. The Balaban J connectivity index is 2.03. The Labute approximate surface area is 100 Å². The molecule has 0 radical (unpaired) electrons. The van der Waals surface area contributed by atoms with Crippen LogP contribution in [0.1, 0.15) is 46.0 Å². The van der Waals surface area contributed by atoms with E-state index in [9.17, 15) is 4.79 Å². The molecule has 1 unspecified atom stereocenters.